The fraction of sp³-hybridized carbons (Fsp3) is 0.500. The van der Waals surface area contributed by atoms with Crippen LogP contribution in [0.2, 0.25) is 0 Å². The number of hydrogen-bond donors (Lipinski definition) is 1. The Labute approximate surface area is 151 Å². The lowest BCUT2D eigenvalue weighted by atomic mass is 10.2. The lowest BCUT2D eigenvalue weighted by molar-refractivity contribution is -0.143. The fourth-order valence-electron chi connectivity index (χ4n) is 3.39. The highest BCUT2D eigenvalue weighted by Gasteiger charge is 2.53. The second-order valence-electron chi connectivity index (χ2n) is 6.87. The first-order valence-corrected chi connectivity index (χ1v) is 9.36. The van der Waals surface area contributed by atoms with Crippen LogP contribution in [0.5, 0.6) is 0 Å². The van der Waals surface area contributed by atoms with Crippen molar-refractivity contribution in [3.05, 3.63) is 29.8 Å². The van der Waals surface area contributed by atoms with E-state index < -0.39 is 6.04 Å². The number of rotatable bonds is 4. The molecule has 1 aromatic rings. The van der Waals surface area contributed by atoms with Gasteiger partial charge in [0.05, 0.1) is 11.4 Å². The van der Waals surface area contributed by atoms with Crippen molar-refractivity contribution < 1.29 is 14.4 Å². The smallest absolute Gasteiger partial charge is 0.246 e. The normalized spacial score (nSPS) is 25.0. The van der Waals surface area contributed by atoms with Crippen molar-refractivity contribution >= 4 is 35.2 Å². The van der Waals surface area contributed by atoms with Crippen LogP contribution < -0.4 is 5.32 Å². The van der Waals surface area contributed by atoms with E-state index in [-0.39, 0.29) is 29.1 Å². The van der Waals surface area contributed by atoms with Gasteiger partial charge in [-0.15, -0.1) is 11.8 Å². The van der Waals surface area contributed by atoms with Crippen LogP contribution in [0.25, 0.3) is 0 Å². The van der Waals surface area contributed by atoms with E-state index in [1.807, 2.05) is 38.1 Å². The van der Waals surface area contributed by atoms with E-state index >= 15 is 0 Å². The SMILES string of the molecule is Cc1ccc(NC(=O)CN(C)C(=O)[C@@H]2CS[C@@]3(C)CCC(=O)N23)cc1. The predicted octanol–water partition coefficient (Wildman–Crippen LogP) is 1.85. The molecule has 1 aromatic carbocycles. The summed E-state index contributed by atoms with van der Waals surface area (Å²) < 4.78 is 0. The van der Waals surface area contributed by atoms with Gasteiger partial charge in [-0.1, -0.05) is 17.7 Å². The van der Waals surface area contributed by atoms with E-state index in [2.05, 4.69) is 5.32 Å². The molecule has 6 nitrogen and oxygen atoms in total. The molecule has 3 amide bonds. The van der Waals surface area contributed by atoms with Crippen molar-refractivity contribution in [2.24, 2.45) is 0 Å². The van der Waals surface area contributed by atoms with E-state index in [0.29, 0.717) is 17.9 Å². The highest BCUT2D eigenvalue weighted by Crippen LogP contribution is 2.47. The van der Waals surface area contributed by atoms with E-state index in [9.17, 15) is 14.4 Å². The second-order valence-corrected chi connectivity index (χ2v) is 8.38. The molecule has 0 radical (unpaired) electrons. The van der Waals surface area contributed by atoms with Crippen molar-refractivity contribution in [2.75, 3.05) is 24.7 Å². The van der Waals surface area contributed by atoms with Gasteiger partial charge in [0.25, 0.3) is 0 Å². The number of carbonyl (C=O) groups excluding carboxylic acids is 3. The number of nitrogens with zero attached hydrogens (tertiary/aromatic N) is 2. The molecular weight excluding hydrogens is 338 g/mol. The number of carbonyl (C=O) groups is 3. The maximum atomic E-state index is 12.7. The number of thioether (sulfide) groups is 1. The molecule has 7 heteroatoms. The number of aryl methyl sites for hydroxylation is 1. The number of likely N-dealkylation sites (N-methyl/N-ethyl adjacent to an activating group) is 1. The van der Waals surface area contributed by atoms with Crippen molar-refractivity contribution in [3.8, 4) is 0 Å². The lowest BCUT2D eigenvalue weighted by Gasteiger charge is -2.31. The first-order chi connectivity index (χ1) is 11.8. The Balaban J connectivity index is 1.60. The third kappa shape index (κ3) is 3.51. The summed E-state index contributed by atoms with van der Waals surface area (Å²) in [6, 6.07) is 7.02. The van der Waals surface area contributed by atoms with E-state index in [1.54, 1.807) is 23.7 Å². The number of nitrogens with one attached hydrogen (secondary N) is 1. The van der Waals surface area contributed by atoms with Gasteiger partial charge < -0.3 is 15.1 Å². The van der Waals surface area contributed by atoms with E-state index in [1.165, 1.54) is 4.90 Å². The minimum atomic E-state index is -0.470. The van der Waals surface area contributed by atoms with Gasteiger partial charge in [0, 0.05) is 24.9 Å². The largest absolute Gasteiger partial charge is 0.335 e. The summed E-state index contributed by atoms with van der Waals surface area (Å²) in [5, 5.41) is 2.79. The minimum absolute atomic E-state index is 0.0309. The zero-order valence-corrected chi connectivity index (χ0v) is 15.6. The van der Waals surface area contributed by atoms with Crippen LogP contribution in [0.3, 0.4) is 0 Å². The zero-order valence-electron chi connectivity index (χ0n) is 14.7. The standard InChI is InChI=1S/C18H23N3O3S/c1-12-4-6-13(7-5-12)19-15(22)10-20(3)17(24)14-11-25-18(2)9-8-16(23)21(14)18/h4-7,14H,8-11H2,1-3H3,(H,19,22)/t14-,18-/m0/s1. The predicted molar refractivity (Wildman–Crippen MR) is 98.2 cm³/mol. The van der Waals surface area contributed by atoms with Crippen LogP contribution in [0, 0.1) is 6.92 Å². The van der Waals surface area contributed by atoms with Crippen LogP contribution in [0.1, 0.15) is 25.3 Å². The number of benzene rings is 1. The highest BCUT2D eigenvalue weighted by molar-refractivity contribution is 8.01. The fourth-order valence-corrected chi connectivity index (χ4v) is 4.81. The number of fused-ring (bicyclic) bond motifs is 1. The summed E-state index contributed by atoms with van der Waals surface area (Å²) >= 11 is 1.65. The molecule has 0 spiro atoms. The van der Waals surface area contributed by atoms with Crippen LogP contribution in [0.4, 0.5) is 5.69 Å². The van der Waals surface area contributed by atoms with Crippen LogP contribution >= 0.6 is 11.8 Å². The number of anilines is 1. The maximum Gasteiger partial charge on any atom is 0.246 e. The average molecular weight is 361 g/mol. The Kier molecular flexibility index (Phi) is 4.77. The van der Waals surface area contributed by atoms with Crippen molar-refractivity contribution in [3.63, 3.8) is 0 Å². The number of hydrogen-bond acceptors (Lipinski definition) is 4. The van der Waals surface area contributed by atoms with Gasteiger partial charge in [-0.25, -0.2) is 0 Å². The van der Waals surface area contributed by atoms with E-state index in [0.717, 1.165) is 12.0 Å². The first kappa shape index (κ1) is 17.8. The maximum absolute atomic E-state index is 12.7. The summed E-state index contributed by atoms with van der Waals surface area (Å²) in [4.78, 5) is 39.9. The molecule has 2 aliphatic heterocycles. The molecule has 2 fully saturated rings. The summed E-state index contributed by atoms with van der Waals surface area (Å²) in [6.07, 6.45) is 1.27. The monoisotopic (exact) mass is 361 g/mol. The van der Waals surface area contributed by atoms with Crippen molar-refractivity contribution in [1.82, 2.24) is 9.80 Å². The third-order valence-electron chi connectivity index (χ3n) is 4.82. The van der Waals surface area contributed by atoms with Gasteiger partial charge in [-0.3, -0.25) is 14.4 Å². The first-order valence-electron chi connectivity index (χ1n) is 8.38. The molecule has 134 valence electrons. The van der Waals surface area contributed by atoms with Crippen molar-refractivity contribution in [1.29, 1.82) is 0 Å². The molecule has 2 heterocycles. The van der Waals surface area contributed by atoms with Gasteiger partial charge in [0.15, 0.2) is 0 Å². The van der Waals surface area contributed by atoms with Crippen LogP contribution in [-0.2, 0) is 14.4 Å². The van der Waals surface area contributed by atoms with E-state index in [4.69, 9.17) is 0 Å². The Morgan fingerprint density at radius 2 is 2.04 bits per heavy atom. The zero-order chi connectivity index (χ0) is 18.2. The quantitative estimate of drug-likeness (QED) is 0.889. The molecule has 2 saturated heterocycles. The third-order valence-corrected chi connectivity index (χ3v) is 6.33. The molecule has 0 unspecified atom stereocenters. The molecule has 0 aliphatic carbocycles. The topological polar surface area (TPSA) is 69.7 Å². The Hall–Kier alpha value is -2.02. The van der Waals surface area contributed by atoms with Gasteiger partial charge in [0.1, 0.15) is 6.04 Å². The highest BCUT2D eigenvalue weighted by atomic mass is 32.2. The van der Waals surface area contributed by atoms with Gasteiger partial charge >= 0.3 is 0 Å². The van der Waals surface area contributed by atoms with Crippen LogP contribution in [-0.4, -0.2) is 57.8 Å². The molecule has 0 saturated carbocycles. The molecule has 0 aromatic heterocycles. The van der Waals surface area contributed by atoms with Gasteiger partial charge in [-0.2, -0.15) is 0 Å². The molecule has 1 N–H and O–H groups in total. The summed E-state index contributed by atoms with van der Waals surface area (Å²) in [5.74, 6) is 0.195. The van der Waals surface area contributed by atoms with Gasteiger partial charge in [0.2, 0.25) is 17.7 Å². The van der Waals surface area contributed by atoms with Crippen molar-refractivity contribution in [2.45, 2.75) is 37.6 Å². The second kappa shape index (κ2) is 6.71. The summed E-state index contributed by atoms with van der Waals surface area (Å²) in [5.41, 5.74) is 1.82. The molecule has 25 heavy (non-hydrogen) atoms. The average Bonchev–Trinajstić information content (AvgIpc) is 3.05. The lowest BCUT2D eigenvalue weighted by Crippen LogP contribution is -2.51. The minimum Gasteiger partial charge on any atom is -0.335 e. The Bertz CT molecular complexity index is 706. The molecule has 2 aliphatic rings. The summed E-state index contributed by atoms with van der Waals surface area (Å²) in [6.45, 7) is 3.96. The Morgan fingerprint density at radius 1 is 1.36 bits per heavy atom. The Morgan fingerprint density at radius 3 is 2.72 bits per heavy atom. The molecular formula is C18H23N3O3S. The number of amides is 3. The van der Waals surface area contributed by atoms with Gasteiger partial charge in [-0.05, 0) is 32.4 Å². The molecule has 0 bridgehead atoms. The molecule has 2 atom stereocenters. The van der Waals surface area contributed by atoms with Crippen LogP contribution in [0.15, 0.2) is 24.3 Å². The summed E-state index contributed by atoms with van der Waals surface area (Å²) in [7, 11) is 1.61. The molecule has 3 rings (SSSR count).